The van der Waals surface area contributed by atoms with Gasteiger partial charge in [-0.25, -0.2) is 0 Å². The number of hydrogen-bond acceptors (Lipinski definition) is 2. The SMILES string of the molecule is COc1cc(CO)cc(Cl)c1C(C)C. The predicted molar refractivity (Wildman–Crippen MR) is 58.0 cm³/mol. The molecule has 3 heteroatoms. The molecule has 0 spiro atoms. The molecule has 1 rings (SSSR count). The molecule has 0 amide bonds. The number of halogens is 1. The van der Waals surface area contributed by atoms with Gasteiger partial charge in [-0.1, -0.05) is 25.4 Å². The van der Waals surface area contributed by atoms with Gasteiger partial charge < -0.3 is 9.84 Å². The number of benzene rings is 1. The van der Waals surface area contributed by atoms with Crippen molar-refractivity contribution in [2.45, 2.75) is 26.4 Å². The second kappa shape index (κ2) is 4.67. The Balaban J connectivity index is 3.27. The number of hydrogen-bond donors (Lipinski definition) is 1. The molecule has 0 fully saturated rings. The van der Waals surface area contributed by atoms with Gasteiger partial charge in [0.05, 0.1) is 13.7 Å². The molecule has 0 unspecified atom stereocenters. The Morgan fingerprint density at radius 3 is 2.50 bits per heavy atom. The Bertz CT molecular complexity index is 321. The van der Waals surface area contributed by atoms with Crippen LogP contribution in [-0.4, -0.2) is 12.2 Å². The molecular weight excluding hydrogens is 200 g/mol. The van der Waals surface area contributed by atoms with Crippen molar-refractivity contribution >= 4 is 11.6 Å². The van der Waals surface area contributed by atoms with E-state index in [1.165, 1.54) is 0 Å². The first-order chi connectivity index (χ1) is 6.60. The van der Waals surface area contributed by atoms with Crippen LogP contribution in [0.3, 0.4) is 0 Å². The van der Waals surface area contributed by atoms with Gasteiger partial charge in [-0.3, -0.25) is 0 Å². The Labute approximate surface area is 89.5 Å². The van der Waals surface area contributed by atoms with E-state index in [-0.39, 0.29) is 6.61 Å². The molecule has 1 aromatic carbocycles. The topological polar surface area (TPSA) is 29.5 Å². The van der Waals surface area contributed by atoms with E-state index in [0.717, 1.165) is 16.9 Å². The van der Waals surface area contributed by atoms with Crippen LogP contribution in [0.15, 0.2) is 12.1 Å². The third kappa shape index (κ3) is 2.20. The fourth-order valence-electron chi connectivity index (χ4n) is 1.47. The van der Waals surface area contributed by atoms with Gasteiger partial charge in [-0.05, 0) is 23.6 Å². The van der Waals surface area contributed by atoms with Crippen LogP contribution in [0.2, 0.25) is 5.02 Å². The minimum Gasteiger partial charge on any atom is -0.496 e. The minimum absolute atomic E-state index is 0.0194. The van der Waals surface area contributed by atoms with Gasteiger partial charge in [0.25, 0.3) is 0 Å². The maximum absolute atomic E-state index is 9.00. The second-order valence-electron chi connectivity index (χ2n) is 3.51. The van der Waals surface area contributed by atoms with Crippen LogP contribution in [-0.2, 0) is 6.61 Å². The van der Waals surface area contributed by atoms with Crippen molar-refractivity contribution in [1.82, 2.24) is 0 Å². The van der Waals surface area contributed by atoms with Crippen LogP contribution in [0.25, 0.3) is 0 Å². The first kappa shape index (κ1) is 11.3. The molecule has 0 aliphatic carbocycles. The van der Waals surface area contributed by atoms with Crippen LogP contribution in [0, 0.1) is 0 Å². The van der Waals surface area contributed by atoms with E-state index in [0.29, 0.717) is 10.9 Å². The molecule has 0 aliphatic heterocycles. The Morgan fingerprint density at radius 2 is 2.07 bits per heavy atom. The average molecular weight is 215 g/mol. The lowest BCUT2D eigenvalue weighted by Gasteiger charge is -2.14. The zero-order chi connectivity index (χ0) is 10.7. The van der Waals surface area contributed by atoms with E-state index < -0.39 is 0 Å². The number of aliphatic hydroxyl groups is 1. The highest BCUT2D eigenvalue weighted by Gasteiger charge is 2.13. The van der Waals surface area contributed by atoms with Gasteiger partial charge in [0.15, 0.2) is 0 Å². The van der Waals surface area contributed by atoms with Crippen LogP contribution >= 0.6 is 11.6 Å². The van der Waals surface area contributed by atoms with Crippen molar-refractivity contribution in [3.63, 3.8) is 0 Å². The quantitative estimate of drug-likeness (QED) is 0.839. The van der Waals surface area contributed by atoms with Gasteiger partial charge in [0.2, 0.25) is 0 Å². The van der Waals surface area contributed by atoms with E-state index in [1.54, 1.807) is 13.2 Å². The summed E-state index contributed by atoms with van der Waals surface area (Å²) in [6.07, 6.45) is 0. The Hall–Kier alpha value is -0.730. The lowest BCUT2D eigenvalue weighted by Crippen LogP contribution is -1.97. The largest absolute Gasteiger partial charge is 0.496 e. The molecule has 0 bridgehead atoms. The highest BCUT2D eigenvalue weighted by atomic mass is 35.5. The molecule has 0 heterocycles. The summed E-state index contributed by atoms with van der Waals surface area (Å²) in [7, 11) is 1.61. The van der Waals surface area contributed by atoms with Crippen molar-refractivity contribution in [3.8, 4) is 5.75 Å². The average Bonchev–Trinajstić information content (AvgIpc) is 2.15. The van der Waals surface area contributed by atoms with Crippen molar-refractivity contribution < 1.29 is 9.84 Å². The number of ether oxygens (including phenoxy) is 1. The molecule has 0 saturated carbocycles. The van der Waals surface area contributed by atoms with Crippen LogP contribution in [0.5, 0.6) is 5.75 Å². The third-order valence-corrected chi connectivity index (χ3v) is 2.44. The maximum atomic E-state index is 9.00. The molecular formula is C11H15ClO2. The van der Waals surface area contributed by atoms with Crippen molar-refractivity contribution in [1.29, 1.82) is 0 Å². The maximum Gasteiger partial charge on any atom is 0.124 e. The molecule has 2 nitrogen and oxygen atoms in total. The van der Waals surface area contributed by atoms with Crippen LogP contribution in [0.1, 0.15) is 30.9 Å². The van der Waals surface area contributed by atoms with Gasteiger partial charge in [0.1, 0.15) is 5.75 Å². The van der Waals surface area contributed by atoms with Gasteiger partial charge in [-0.15, -0.1) is 0 Å². The van der Waals surface area contributed by atoms with Crippen molar-refractivity contribution in [3.05, 3.63) is 28.3 Å². The summed E-state index contributed by atoms with van der Waals surface area (Å²) in [5.74, 6) is 1.06. The van der Waals surface area contributed by atoms with Crippen LogP contribution in [0.4, 0.5) is 0 Å². The van der Waals surface area contributed by atoms with Crippen molar-refractivity contribution in [2.24, 2.45) is 0 Å². The minimum atomic E-state index is -0.0194. The summed E-state index contributed by atoms with van der Waals surface area (Å²) in [6.45, 7) is 4.10. The standard InChI is InChI=1S/C11H15ClO2/c1-7(2)11-9(12)4-8(6-13)5-10(11)14-3/h4-5,7,13H,6H2,1-3H3. The Morgan fingerprint density at radius 1 is 1.43 bits per heavy atom. The fourth-order valence-corrected chi connectivity index (χ4v) is 1.92. The van der Waals surface area contributed by atoms with Crippen molar-refractivity contribution in [2.75, 3.05) is 7.11 Å². The number of rotatable bonds is 3. The highest BCUT2D eigenvalue weighted by Crippen LogP contribution is 2.34. The van der Waals surface area contributed by atoms with E-state index in [1.807, 2.05) is 6.07 Å². The fraction of sp³-hybridized carbons (Fsp3) is 0.455. The molecule has 78 valence electrons. The monoisotopic (exact) mass is 214 g/mol. The van der Waals surface area contributed by atoms with E-state index in [4.69, 9.17) is 21.4 Å². The summed E-state index contributed by atoms with van der Waals surface area (Å²) < 4.78 is 5.23. The molecule has 0 radical (unpaired) electrons. The smallest absolute Gasteiger partial charge is 0.124 e. The molecule has 0 aliphatic rings. The molecule has 1 aromatic rings. The van der Waals surface area contributed by atoms with Crippen LogP contribution < -0.4 is 4.74 Å². The zero-order valence-corrected chi connectivity index (χ0v) is 9.43. The molecule has 14 heavy (non-hydrogen) atoms. The normalized spacial score (nSPS) is 10.7. The Kier molecular flexibility index (Phi) is 3.78. The second-order valence-corrected chi connectivity index (χ2v) is 3.91. The lowest BCUT2D eigenvalue weighted by atomic mass is 10.0. The van der Waals surface area contributed by atoms with Gasteiger partial charge in [0, 0.05) is 10.6 Å². The predicted octanol–water partition coefficient (Wildman–Crippen LogP) is 2.96. The molecule has 1 N–H and O–H groups in total. The van der Waals surface area contributed by atoms with E-state index in [9.17, 15) is 0 Å². The van der Waals surface area contributed by atoms with Gasteiger partial charge >= 0.3 is 0 Å². The summed E-state index contributed by atoms with van der Waals surface area (Å²) in [5, 5.41) is 9.65. The summed E-state index contributed by atoms with van der Waals surface area (Å²) >= 11 is 6.10. The molecule has 0 aromatic heterocycles. The number of aliphatic hydroxyl groups excluding tert-OH is 1. The van der Waals surface area contributed by atoms with E-state index >= 15 is 0 Å². The van der Waals surface area contributed by atoms with E-state index in [2.05, 4.69) is 13.8 Å². The van der Waals surface area contributed by atoms with Gasteiger partial charge in [-0.2, -0.15) is 0 Å². The first-order valence-corrected chi connectivity index (χ1v) is 4.95. The highest BCUT2D eigenvalue weighted by molar-refractivity contribution is 6.31. The summed E-state index contributed by atoms with van der Waals surface area (Å²) in [5.41, 5.74) is 1.77. The lowest BCUT2D eigenvalue weighted by molar-refractivity contribution is 0.281. The summed E-state index contributed by atoms with van der Waals surface area (Å²) in [6, 6.07) is 3.60. The molecule has 0 atom stereocenters. The third-order valence-electron chi connectivity index (χ3n) is 2.13. The molecule has 0 saturated heterocycles. The number of methoxy groups -OCH3 is 1. The zero-order valence-electron chi connectivity index (χ0n) is 8.67. The first-order valence-electron chi connectivity index (χ1n) is 4.57. The summed E-state index contributed by atoms with van der Waals surface area (Å²) in [4.78, 5) is 0.